The summed E-state index contributed by atoms with van der Waals surface area (Å²) >= 11 is 1.18. The third-order valence-corrected chi connectivity index (χ3v) is 6.12. The van der Waals surface area contributed by atoms with Crippen LogP contribution in [-0.4, -0.2) is 28.9 Å². The van der Waals surface area contributed by atoms with E-state index in [2.05, 4.69) is 30.9 Å². The number of hydrogen-bond donors (Lipinski definition) is 4. The van der Waals surface area contributed by atoms with Gasteiger partial charge in [-0.05, 0) is 49.7 Å². The lowest BCUT2D eigenvalue weighted by Gasteiger charge is -2.28. The second-order valence-electron chi connectivity index (χ2n) is 8.68. The van der Waals surface area contributed by atoms with Gasteiger partial charge in [-0.1, -0.05) is 24.3 Å². The SMILES string of the molecule is CC(C)(COc1cccc2c1C(N)=NSN2)NC(=O)c1ccnc(N2NCc3ccccc32)c1. The van der Waals surface area contributed by atoms with Crippen LogP contribution >= 0.6 is 12.1 Å². The van der Waals surface area contributed by atoms with E-state index in [1.807, 2.05) is 55.3 Å². The predicted octanol–water partition coefficient (Wildman–Crippen LogP) is 3.52. The van der Waals surface area contributed by atoms with E-state index in [1.165, 1.54) is 17.7 Å². The lowest BCUT2D eigenvalue weighted by atomic mass is 10.1. The molecule has 1 aromatic heterocycles. The van der Waals surface area contributed by atoms with Crippen molar-refractivity contribution in [2.24, 2.45) is 10.1 Å². The van der Waals surface area contributed by atoms with E-state index < -0.39 is 5.54 Å². The quantitative estimate of drug-likeness (QED) is 0.400. The number of anilines is 3. The van der Waals surface area contributed by atoms with Crippen molar-refractivity contribution in [1.29, 1.82) is 0 Å². The van der Waals surface area contributed by atoms with Gasteiger partial charge in [-0.2, -0.15) is 4.40 Å². The molecule has 174 valence electrons. The summed E-state index contributed by atoms with van der Waals surface area (Å²) in [5, 5.41) is 4.96. The van der Waals surface area contributed by atoms with Gasteiger partial charge in [-0.3, -0.25) is 9.80 Å². The predicted molar refractivity (Wildman–Crippen MR) is 135 cm³/mol. The molecular formula is C24H25N7O2S. The first-order chi connectivity index (χ1) is 16.4. The van der Waals surface area contributed by atoms with Gasteiger partial charge in [0.05, 0.1) is 34.6 Å². The average molecular weight is 476 g/mol. The Morgan fingerprint density at radius 3 is 2.97 bits per heavy atom. The van der Waals surface area contributed by atoms with Crippen LogP contribution in [0.1, 0.15) is 35.3 Å². The number of pyridine rings is 1. The largest absolute Gasteiger partial charge is 0.490 e. The Morgan fingerprint density at radius 2 is 2.09 bits per heavy atom. The minimum absolute atomic E-state index is 0.209. The third-order valence-electron chi connectivity index (χ3n) is 5.52. The lowest BCUT2D eigenvalue weighted by Crippen LogP contribution is -2.48. The van der Waals surface area contributed by atoms with Crippen molar-refractivity contribution >= 4 is 41.1 Å². The Labute approximate surface area is 202 Å². The summed E-state index contributed by atoms with van der Waals surface area (Å²) < 4.78 is 13.3. The summed E-state index contributed by atoms with van der Waals surface area (Å²) in [4.78, 5) is 17.5. The van der Waals surface area contributed by atoms with Gasteiger partial charge in [0.1, 0.15) is 24.0 Å². The van der Waals surface area contributed by atoms with Crippen molar-refractivity contribution in [2.45, 2.75) is 25.9 Å². The van der Waals surface area contributed by atoms with Gasteiger partial charge in [0.2, 0.25) is 0 Å². The number of nitrogens with zero attached hydrogens (tertiary/aromatic N) is 3. The standard InChI is InChI=1S/C24H25N7O2S/c1-24(2,14-33-19-9-5-7-17-21(19)22(25)30-34-29-17)28-23(32)15-10-11-26-20(12-15)31-18-8-4-3-6-16(18)13-27-31/h3-12,27,29H,13-14H2,1-2H3,(H2,25,30)(H,28,32). The minimum atomic E-state index is -0.648. The highest BCUT2D eigenvalue weighted by Crippen LogP contribution is 2.33. The van der Waals surface area contributed by atoms with Crippen molar-refractivity contribution in [3.8, 4) is 5.75 Å². The number of para-hydroxylation sites is 1. The van der Waals surface area contributed by atoms with E-state index in [-0.39, 0.29) is 12.5 Å². The summed E-state index contributed by atoms with van der Waals surface area (Å²) in [6.07, 6.45) is 1.64. The first-order valence-corrected chi connectivity index (χ1v) is 11.6. The van der Waals surface area contributed by atoms with Crippen LogP contribution in [0.4, 0.5) is 17.2 Å². The first-order valence-electron chi connectivity index (χ1n) is 10.8. The number of amides is 1. The molecule has 0 unspecified atom stereocenters. The van der Waals surface area contributed by atoms with E-state index in [0.29, 0.717) is 29.5 Å². The number of nitrogens with one attached hydrogen (secondary N) is 3. The molecule has 3 aromatic rings. The maximum Gasteiger partial charge on any atom is 0.252 e. The summed E-state index contributed by atoms with van der Waals surface area (Å²) in [6, 6.07) is 17.2. The highest BCUT2D eigenvalue weighted by atomic mass is 32.2. The molecule has 0 spiro atoms. The monoisotopic (exact) mass is 475 g/mol. The Hall–Kier alpha value is -3.76. The molecule has 3 heterocycles. The molecule has 2 aliphatic heterocycles. The number of nitrogens with two attached hydrogens (primary N) is 1. The van der Waals surface area contributed by atoms with Crippen LogP contribution < -0.4 is 30.9 Å². The number of fused-ring (bicyclic) bond motifs is 2. The number of amidine groups is 1. The normalized spacial score (nSPS) is 14.5. The van der Waals surface area contributed by atoms with Gasteiger partial charge in [-0.25, -0.2) is 10.4 Å². The number of carbonyl (C=O) groups excluding carboxylic acids is 1. The third kappa shape index (κ3) is 4.37. The minimum Gasteiger partial charge on any atom is -0.490 e. The second kappa shape index (κ2) is 8.88. The molecule has 5 rings (SSSR count). The molecule has 0 saturated heterocycles. The zero-order valence-electron chi connectivity index (χ0n) is 18.8. The van der Waals surface area contributed by atoms with Gasteiger partial charge in [0, 0.05) is 18.3 Å². The summed E-state index contributed by atoms with van der Waals surface area (Å²) in [7, 11) is 0. The second-order valence-corrected chi connectivity index (χ2v) is 9.25. The Kier molecular flexibility index (Phi) is 5.76. The molecule has 9 nitrogen and oxygen atoms in total. The Bertz CT molecular complexity index is 1280. The number of aromatic nitrogens is 1. The van der Waals surface area contributed by atoms with E-state index in [0.717, 1.165) is 16.9 Å². The number of hydrogen-bond acceptors (Lipinski definition) is 9. The highest BCUT2D eigenvalue weighted by Gasteiger charge is 2.26. The van der Waals surface area contributed by atoms with Crippen LogP contribution in [0.15, 0.2) is 65.2 Å². The van der Waals surface area contributed by atoms with Crippen LogP contribution in [0.3, 0.4) is 0 Å². The van der Waals surface area contributed by atoms with Crippen molar-refractivity contribution in [2.75, 3.05) is 16.3 Å². The topological polar surface area (TPSA) is 117 Å². The molecule has 5 N–H and O–H groups in total. The van der Waals surface area contributed by atoms with Crippen LogP contribution in [-0.2, 0) is 6.54 Å². The number of benzene rings is 2. The summed E-state index contributed by atoms with van der Waals surface area (Å²) in [5.74, 6) is 1.46. The van der Waals surface area contributed by atoms with Crippen LogP contribution in [0, 0.1) is 0 Å². The molecular weight excluding hydrogens is 450 g/mol. The van der Waals surface area contributed by atoms with Gasteiger partial charge >= 0.3 is 0 Å². The lowest BCUT2D eigenvalue weighted by molar-refractivity contribution is 0.0880. The van der Waals surface area contributed by atoms with E-state index in [4.69, 9.17) is 10.5 Å². The molecule has 2 aromatic carbocycles. The highest BCUT2D eigenvalue weighted by molar-refractivity contribution is 7.99. The fourth-order valence-electron chi connectivity index (χ4n) is 3.86. The first kappa shape index (κ1) is 22.1. The smallest absolute Gasteiger partial charge is 0.252 e. The van der Waals surface area contributed by atoms with Crippen LogP contribution in [0.25, 0.3) is 0 Å². The molecule has 0 aliphatic carbocycles. The molecule has 2 aliphatic rings. The van der Waals surface area contributed by atoms with E-state index >= 15 is 0 Å². The van der Waals surface area contributed by atoms with Crippen molar-refractivity contribution in [3.05, 3.63) is 77.5 Å². The number of ether oxygens (including phenoxy) is 1. The van der Waals surface area contributed by atoms with Crippen molar-refractivity contribution in [1.82, 2.24) is 15.7 Å². The number of hydrazine groups is 1. The van der Waals surface area contributed by atoms with Crippen LogP contribution in [0.2, 0.25) is 0 Å². The van der Waals surface area contributed by atoms with Crippen molar-refractivity contribution in [3.63, 3.8) is 0 Å². The maximum absolute atomic E-state index is 13.1. The Morgan fingerprint density at radius 1 is 1.24 bits per heavy atom. The molecule has 0 saturated carbocycles. The van der Waals surface area contributed by atoms with E-state index in [1.54, 1.807) is 18.3 Å². The molecule has 1 amide bonds. The molecule has 34 heavy (non-hydrogen) atoms. The molecule has 0 bridgehead atoms. The van der Waals surface area contributed by atoms with Crippen LogP contribution in [0.5, 0.6) is 5.75 Å². The maximum atomic E-state index is 13.1. The molecule has 0 atom stereocenters. The molecule has 0 radical (unpaired) electrons. The van der Waals surface area contributed by atoms with E-state index in [9.17, 15) is 4.79 Å². The fraction of sp³-hybridized carbons (Fsp3) is 0.208. The zero-order chi connectivity index (χ0) is 23.7. The Balaban J connectivity index is 1.28. The molecule has 0 fully saturated rings. The van der Waals surface area contributed by atoms with Gasteiger partial charge in [0.25, 0.3) is 5.91 Å². The number of carbonyl (C=O) groups is 1. The summed E-state index contributed by atoms with van der Waals surface area (Å²) in [6.45, 7) is 4.78. The van der Waals surface area contributed by atoms with Gasteiger partial charge in [0.15, 0.2) is 0 Å². The molecule has 10 heteroatoms. The summed E-state index contributed by atoms with van der Waals surface area (Å²) in [5.41, 5.74) is 13.0. The fourth-order valence-corrected chi connectivity index (χ4v) is 4.36. The van der Waals surface area contributed by atoms with Gasteiger partial charge < -0.3 is 20.5 Å². The zero-order valence-corrected chi connectivity index (χ0v) is 19.6. The van der Waals surface area contributed by atoms with Crippen molar-refractivity contribution < 1.29 is 9.53 Å². The van der Waals surface area contributed by atoms with Gasteiger partial charge in [-0.15, -0.1) is 0 Å². The number of rotatable bonds is 6. The average Bonchev–Trinajstić information content (AvgIpc) is 3.27.